The molecule has 5 nitrogen and oxygen atoms in total. The maximum atomic E-state index is 11.1. The highest BCUT2D eigenvalue weighted by Crippen LogP contribution is 2.35. The van der Waals surface area contributed by atoms with Crippen LogP contribution in [0.25, 0.3) is 0 Å². The number of ether oxygens (including phenoxy) is 1. The van der Waals surface area contributed by atoms with E-state index in [9.17, 15) is 9.59 Å². The van der Waals surface area contributed by atoms with Gasteiger partial charge in [0.05, 0.1) is 11.8 Å². The van der Waals surface area contributed by atoms with Crippen LogP contribution in [0.2, 0.25) is 0 Å². The van der Waals surface area contributed by atoms with Crippen molar-refractivity contribution in [3.05, 3.63) is 11.0 Å². The van der Waals surface area contributed by atoms with Crippen LogP contribution >= 0.6 is 11.8 Å². The summed E-state index contributed by atoms with van der Waals surface area (Å²) in [4.78, 5) is 23.2. The summed E-state index contributed by atoms with van der Waals surface area (Å²) in [5.41, 5.74) is 5.75. The van der Waals surface area contributed by atoms with E-state index in [0.29, 0.717) is 18.3 Å². The summed E-state index contributed by atoms with van der Waals surface area (Å²) < 4.78 is 4.64. The maximum absolute atomic E-state index is 11.1. The van der Waals surface area contributed by atoms with Gasteiger partial charge in [-0.05, 0) is 11.0 Å². The molecule has 1 fully saturated rings. The molecule has 0 aliphatic carbocycles. The van der Waals surface area contributed by atoms with E-state index in [1.54, 1.807) is 16.7 Å². The first-order chi connectivity index (χ1) is 6.66. The number of β-lactam (4-membered cyclic amide) rings is 1. The molecule has 0 aromatic carbocycles. The Hall–Kier alpha value is -1.17. The van der Waals surface area contributed by atoms with Gasteiger partial charge in [0, 0.05) is 6.54 Å². The molecule has 6 heteroatoms. The van der Waals surface area contributed by atoms with Gasteiger partial charge in [0.2, 0.25) is 5.91 Å². The Morgan fingerprint density at radius 1 is 1.79 bits per heavy atom. The van der Waals surface area contributed by atoms with Crippen LogP contribution < -0.4 is 5.73 Å². The first-order valence-corrected chi connectivity index (χ1v) is 5.16. The molecule has 0 radical (unpaired) electrons. The average Bonchev–Trinajstić information content (AvgIpc) is 2.14. The van der Waals surface area contributed by atoms with Crippen LogP contribution in [0.15, 0.2) is 11.0 Å². The fraction of sp³-hybridized carbons (Fsp3) is 0.500. The van der Waals surface area contributed by atoms with E-state index in [1.165, 1.54) is 0 Å². The largest absolute Gasteiger partial charge is 0.445 e. The maximum Gasteiger partial charge on any atom is 0.404 e. The Balaban J connectivity index is 1.88. The van der Waals surface area contributed by atoms with E-state index >= 15 is 0 Å². The van der Waals surface area contributed by atoms with Crippen molar-refractivity contribution in [3.8, 4) is 0 Å². The normalized spacial score (nSPS) is 24.9. The van der Waals surface area contributed by atoms with Crippen LogP contribution in [0.5, 0.6) is 0 Å². The highest BCUT2D eigenvalue weighted by atomic mass is 32.2. The van der Waals surface area contributed by atoms with Crippen molar-refractivity contribution >= 4 is 23.8 Å². The zero-order valence-electron chi connectivity index (χ0n) is 7.43. The molecule has 1 atom stereocenters. The molecule has 1 saturated heterocycles. The van der Waals surface area contributed by atoms with Crippen molar-refractivity contribution in [2.45, 2.75) is 11.8 Å². The van der Waals surface area contributed by atoms with Crippen LogP contribution in [0.1, 0.15) is 6.42 Å². The molecule has 0 spiro atoms. The summed E-state index contributed by atoms with van der Waals surface area (Å²) in [7, 11) is 0. The fourth-order valence-electron chi connectivity index (χ4n) is 1.41. The minimum Gasteiger partial charge on any atom is -0.445 e. The predicted molar refractivity (Wildman–Crippen MR) is 51.3 cm³/mol. The van der Waals surface area contributed by atoms with Crippen molar-refractivity contribution in [1.82, 2.24) is 4.90 Å². The molecule has 2 rings (SSSR count). The van der Waals surface area contributed by atoms with Gasteiger partial charge in [-0.15, -0.1) is 11.8 Å². The number of thioether (sulfide) groups is 1. The van der Waals surface area contributed by atoms with Gasteiger partial charge in [-0.1, -0.05) is 0 Å². The number of nitrogens with zero attached hydrogens (tertiary/aromatic N) is 1. The molecular formula is C8H10N2O3S. The fourth-order valence-corrected chi connectivity index (χ4v) is 2.48. The predicted octanol–water partition coefficient (Wildman–Crippen LogP) is 0.271. The second-order valence-electron chi connectivity index (χ2n) is 3.20. The molecule has 76 valence electrons. The molecule has 0 bridgehead atoms. The molecular weight excluding hydrogens is 204 g/mol. The Kier molecular flexibility index (Phi) is 2.37. The Labute approximate surface area is 85.3 Å². The van der Waals surface area contributed by atoms with E-state index in [-0.39, 0.29) is 12.5 Å². The van der Waals surface area contributed by atoms with E-state index in [4.69, 9.17) is 5.73 Å². The molecule has 14 heavy (non-hydrogen) atoms. The van der Waals surface area contributed by atoms with E-state index in [0.717, 1.165) is 5.57 Å². The quantitative estimate of drug-likeness (QED) is 0.670. The third kappa shape index (κ3) is 1.70. The third-order valence-electron chi connectivity index (χ3n) is 2.18. The highest BCUT2D eigenvalue weighted by Gasteiger charge is 2.38. The summed E-state index contributed by atoms with van der Waals surface area (Å²) in [5, 5.41) is 2.23. The zero-order valence-corrected chi connectivity index (χ0v) is 8.25. The van der Waals surface area contributed by atoms with Crippen molar-refractivity contribution in [3.63, 3.8) is 0 Å². The lowest BCUT2D eigenvalue weighted by atomic mass is 10.1. The van der Waals surface area contributed by atoms with Crippen molar-refractivity contribution in [2.24, 2.45) is 5.73 Å². The number of hydrogen-bond acceptors (Lipinski definition) is 4. The van der Waals surface area contributed by atoms with Crippen LogP contribution in [-0.4, -0.2) is 35.4 Å². The van der Waals surface area contributed by atoms with Gasteiger partial charge in [-0.25, -0.2) is 4.79 Å². The van der Waals surface area contributed by atoms with Crippen LogP contribution in [0.3, 0.4) is 0 Å². The molecule has 2 aliphatic rings. The second-order valence-corrected chi connectivity index (χ2v) is 4.25. The lowest BCUT2D eigenvalue weighted by molar-refractivity contribution is -0.140. The van der Waals surface area contributed by atoms with Crippen molar-refractivity contribution in [2.75, 3.05) is 13.2 Å². The molecule has 2 aliphatic heterocycles. The van der Waals surface area contributed by atoms with E-state index in [2.05, 4.69) is 4.74 Å². The zero-order chi connectivity index (χ0) is 10.1. The summed E-state index contributed by atoms with van der Waals surface area (Å²) in [5.74, 6) is 0.159. The third-order valence-corrected chi connectivity index (χ3v) is 3.39. The number of carbonyl (C=O) groups excluding carboxylic acids is 2. The van der Waals surface area contributed by atoms with Gasteiger partial charge in [0.15, 0.2) is 0 Å². The minimum atomic E-state index is -0.784. The van der Waals surface area contributed by atoms with Crippen LogP contribution in [-0.2, 0) is 9.53 Å². The Bertz CT molecular complexity index is 316. The topological polar surface area (TPSA) is 72.6 Å². The summed E-state index contributed by atoms with van der Waals surface area (Å²) >= 11 is 1.59. The number of nitrogens with two attached hydrogens (primary N) is 1. The van der Waals surface area contributed by atoms with Crippen LogP contribution in [0.4, 0.5) is 4.79 Å². The minimum absolute atomic E-state index is 0.159. The summed E-state index contributed by atoms with van der Waals surface area (Å²) in [6.07, 6.45) is -0.168. The molecule has 0 aromatic heterocycles. The lowest BCUT2D eigenvalue weighted by Crippen LogP contribution is -2.52. The smallest absolute Gasteiger partial charge is 0.404 e. The SMILES string of the molecule is NC(=O)OCC1=CS[C@H]2CC(=O)N2C1. The Morgan fingerprint density at radius 2 is 2.57 bits per heavy atom. The standard InChI is InChI=1S/C8H10N2O3S/c9-8(12)13-3-5-2-10-6(11)1-7(10)14-4-5/h4,7H,1-3H2,(H2,9,12)/t7-/m0/s1. The van der Waals surface area contributed by atoms with Gasteiger partial charge in [-0.2, -0.15) is 0 Å². The van der Waals surface area contributed by atoms with Gasteiger partial charge < -0.3 is 15.4 Å². The average molecular weight is 214 g/mol. The van der Waals surface area contributed by atoms with Gasteiger partial charge in [-0.3, -0.25) is 4.79 Å². The molecule has 2 amide bonds. The number of hydrogen-bond donors (Lipinski definition) is 1. The summed E-state index contributed by atoms with van der Waals surface area (Å²) in [6, 6.07) is 0. The highest BCUT2D eigenvalue weighted by molar-refractivity contribution is 8.02. The van der Waals surface area contributed by atoms with Gasteiger partial charge in [0.25, 0.3) is 0 Å². The van der Waals surface area contributed by atoms with Gasteiger partial charge >= 0.3 is 6.09 Å². The van der Waals surface area contributed by atoms with Crippen LogP contribution in [0, 0.1) is 0 Å². The molecule has 0 unspecified atom stereocenters. The number of amides is 2. The van der Waals surface area contributed by atoms with E-state index < -0.39 is 6.09 Å². The first-order valence-electron chi connectivity index (χ1n) is 4.22. The molecule has 2 heterocycles. The molecule has 0 aromatic rings. The molecule has 0 saturated carbocycles. The number of rotatable bonds is 2. The summed E-state index contributed by atoms with van der Waals surface area (Å²) in [6.45, 7) is 0.739. The van der Waals surface area contributed by atoms with Crippen molar-refractivity contribution in [1.29, 1.82) is 0 Å². The van der Waals surface area contributed by atoms with Gasteiger partial charge in [0.1, 0.15) is 6.61 Å². The lowest BCUT2D eigenvalue weighted by Gasteiger charge is -2.42. The molecule has 2 N–H and O–H groups in total. The number of fused-ring (bicyclic) bond motifs is 1. The first kappa shape index (κ1) is 9.39. The second kappa shape index (κ2) is 3.53. The van der Waals surface area contributed by atoms with E-state index in [1.807, 2.05) is 5.41 Å². The number of primary amides is 1. The monoisotopic (exact) mass is 214 g/mol. The Morgan fingerprint density at radius 3 is 3.21 bits per heavy atom. The number of carbonyl (C=O) groups is 2. The van der Waals surface area contributed by atoms with Crippen molar-refractivity contribution < 1.29 is 14.3 Å².